The summed E-state index contributed by atoms with van der Waals surface area (Å²) in [5.74, 6) is -1.05. The zero-order valence-corrected chi connectivity index (χ0v) is 12.8. The predicted molar refractivity (Wildman–Crippen MR) is 77.3 cm³/mol. The van der Waals surface area contributed by atoms with E-state index in [0.29, 0.717) is 0 Å². The number of esters is 1. The molecule has 0 bridgehead atoms. The molecule has 132 valence electrons. The van der Waals surface area contributed by atoms with Gasteiger partial charge in [-0.25, -0.2) is 14.0 Å². The van der Waals surface area contributed by atoms with Gasteiger partial charge in [0, 0.05) is 18.7 Å². The second kappa shape index (κ2) is 6.66. The zero-order valence-electron chi connectivity index (χ0n) is 12.8. The summed E-state index contributed by atoms with van der Waals surface area (Å²) in [6, 6.07) is 4.61. The van der Waals surface area contributed by atoms with Crippen molar-refractivity contribution in [1.29, 1.82) is 0 Å². The van der Waals surface area contributed by atoms with Crippen LogP contribution in [0.2, 0.25) is 0 Å². The van der Waals surface area contributed by atoms with Crippen molar-refractivity contribution in [3.05, 3.63) is 29.8 Å². The van der Waals surface area contributed by atoms with Crippen LogP contribution in [-0.2, 0) is 16.0 Å². The molecule has 2 amide bonds. The van der Waals surface area contributed by atoms with Crippen LogP contribution in [0, 0.1) is 0 Å². The molecule has 1 heterocycles. The van der Waals surface area contributed by atoms with Crippen LogP contribution < -0.4 is 5.32 Å². The first-order chi connectivity index (χ1) is 11.1. The van der Waals surface area contributed by atoms with Crippen molar-refractivity contribution in [3.8, 4) is 0 Å². The average Bonchev–Trinajstić information content (AvgIpc) is 2.89. The number of benzene rings is 1. The van der Waals surface area contributed by atoms with Gasteiger partial charge in [0.05, 0.1) is 20.1 Å². The molecule has 9 heteroatoms. The van der Waals surface area contributed by atoms with E-state index in [-0.39, 0.29) is 24.2 Å². The lowest BCUT2D eigenvalue weighted by atomic mass is 10.1. The molecule has 24 heavy (non-hydrogen) atoms. The number of ether oxygens (including phenoxy) is 1. The lowest BCUT2D eigenvalue weighted by molar-refractivity contribution is -0.153. The van der Waals surface area contributed by atoms with Crippen LogP contribution in [0.3, 0.4) is 0 Å². The minimum absolute atomic E-state index is 0.000322. The van der Waals surface area contributed by atoms with Gasteiger partial charge in [-0.2, -0.15) is 13.2 Å². The van der Waals surface area contributed by atoms with E-state index < -0.39 is 36.8 Å². The van der Waals surface area contributed by atoms with Crippen LogP contribution in [0.25, 0.3) is 0 Å². The molecule has 2 rings (SSSR count). The fourth-order valence-corrected chi connectivity index (χ4v) is 2.49. The highest BCUT2D eigenvalue weighted by atomic mass is 19.4. The number of alkyl halides is 4. The number of amides is 2. The molecule has 1 aromatic carbocycles. The van der Waals surface area contributed by atoms with Crippen molar-refractivity contribution >= 4 is 17.7 Å². The zero-order chi connectivity index (χ0) is 18.0. The Morgan fingerprint density at radius 2 is 2.08 bits per heavy atom. The van der Waals surface area contributed by atoms with Crippen LogP contribution in [0.1, 0.15) is 12.0 Å². The first-order valence-corrected chi connectivity index (χ1v) is 7.12. The Hall–Kier alpha value is -2.32. The summed E-state index contributed by atoms with van der Waals surface area (Å²) in [5.41, 5.74) is -2.10. The van der Waals surface area contributed by atoms with Gasteiger partial charge in [-0.1, -0.05) is 12.1 Å². The smallest absolute Gasteiger partial charge is 0.393 e. The monoisotopic (exact) mass is 348 g/mol. The van der Waals surface area contributed by atoms with Gasteiger partial charge in [-0.3, -0.25) is 0 Å². The fourth-order valence-electron chi connectivity index (χ4n) is 2.49. The van der Waals surface area contributed by atoms with Gasteiger partial charge in [0.2, 0.25) is 5.67 Å². The van der Waals surface area contributed by atoms with Crippen molar-refractivity contribution < 1.29 is 31.9 Å². The van der Waals surface area contributed by atoms with Gasteiger partial charge in [0.25, 0.3) is 0 Å². The fraction of sp³-hybridized carbons (Fsp3) is 0.467. The third-order valence-corrected chi connectivity index (χ3v) is 3.64. The molecule has 1 aromatic rings. The van der Waals surface area contributed by atoms with E-state index in [4.69, 9.17) is 0 Å². The van der Waals surface area contributed by atoms with Crippen LogP contribution in [0.15, 0.2) is 24.3 Å². The lowest BCUT2D eigenvalue weighted by Crippen LogP contribution is -2.41. The van der Waals surface area contributed by atoms with E-state index in [1.165, 1.54) is 24.3 Å². The lowest BCUT2D eigenvalue weighted by Gasteiger charge is -2.19. The SMILES string of the molecule is COC(=O)C1(F)CCN(C(=O)Nc2cccc(CC(F)(F)F)c2)C1. The second-order valence-electron chi connectivity index (χ2n) is 5.55. The Labute approximate surface area is 135 Å². The van der Waals surface area contributed by atoms with E-state index in [1.807, 2.05) is 0 Å². The van der Waals surface area contributed by atoms with Crippen molar-refractivity contribution in [2.24, 2.45) is 0 Å². The average molecular weight is 348 g/mol. The summed E-state index contributed by atoms with van der Waals surface area (Å²) < 4.78 is 55.8. The number of anilines is 1. The Balaban J connectivity index is 2.01. The molecule has 1 aliphatic heterocycles. The summed E-state index contributed by atoms with van der Waals surface area (Å²) in [4.78, 5) is 24.5. The topological polar surface area (TPSA) is 58.6 Å². The highest BCUT2D eigenvalue weighted by molar-refractivity contribution is 5.91. The maximum Gasteiger partial charge on any atom is 0.393 e. The molecule has 0 aliphatic carbocycles. The van der Waals surface area contributed by atoms with Gasteiger partial charge in [-0.05, 0) is 17.7 Å². The van der Waals surface area contributed by atoms with Crippen molar-refractivity contribution in [2.75, 3.05) is 25.5 Å². The van der Waals surface area contributed by atoms with Gasteiger partial charge < -0.3 is 15.0 Å². The largest absolute Gasteiger partial charge is 0.467 e. The molecule has 1 saturated heterocycles. The number of carbonyl (C=O) groups excluding carboxylic acids is 2. The number of hydrogen-bond acceptors (Lipinski definition) is 3. The summed E-state index contributed by atoms with van der Waals surface area (Å²) in [7, 11) is 1.05. The van der Waals surface area contributed by atoms with Gasteiger partial charge in [-0.15, -0.1) is 0 Å². The number of nitrogens with one attached hydrogen (secondary N) is 1. The molecular formula is C15H16F4N2O3. The Bertz CT molecular complexity index is 635. The van der Waals surface area contributed by atoms with E-state index in [1.54, 1.807) is 0 Å². The molecule has 1 atom stereocenters. The Morgan fingerprint density at radius 1 is 1.38 bits per heavy atom. The molecule has 0 radical (unpaired) electrons. The number of urea groups is 1. The van der Waals surface area contributed by atoms with Gasteiger partial charge >= 0.3 is 18.2 Å². The van der Waals surface area contributed by atoms with Crippen molar-refractivity contribution in [2.45, 2.75) is 24.7 Å². The van der Waals surface area contributed by atoms with Crippen molar-refractivity contribution in [1.82, 2.24) is 4.90 Å². The first kappa shape index (κ1) is 18.0. The third-order valence-electron chi connectivity index (χ3n) is 3.64. The Kier molecular flexibility index (Phi) is 5.00. The molecule has 1 unspecified atom stereocenters. The van der Waals surface area contributed by atoms with E-state index in [0.717, 1.165) is 12.0 Å². The number of rotatable bonds is 3. The molecule has 1 fully saturated rings. The maximum absolute atomic E-state index is 14.3. The van der Waals surface area contributed by atoms with Crippen LogP contribution in [-0.4, -0.2) is 48.9 Å². The standard InChI is InChI=1S/C15H16F4N2O3/c1-24-12(22)14(16)5-6-21(9-14)13(23)20-11-4-2-3-10(7-11)8-15(17,18)19/h2-4,7H,5-6,8-9H2,1H3,(H,20,23). The minimum Gasteiger partial charge on any atom is -0.467 e. The predicted octanol–water partition coefficient (Wildman–Crippen LogP) is 2.91. The van der Waals surface area contributed by atoms with Gasteiger partial charge in [0.1, 0.15) is 0 Å². The van der Waals surface area contributed by atoms with E-state index in [2.05, 4.69) is 10.1 Å². The van der Waals surface area contributed by atoms with E-state index >= 15 is 0 Å². The molecule has 0 saturated carbocycles. The molecule has 1 aliphatic rings. The minimum atomic E-state index is -4.36. The highest BCUT2D eigenvalue weighted by Gasteiger charge is 2.47. The second-order valence-corrected chi connectivity index (χ2v) is 5.55. The molecule has 5 nitrogen and oxygen atoms in total. The number of halogens is 4. The number of hydrogen-bond donors (Lipinski definition) is 1. The molecule has 0 spiro atoms. The quantitative estimate of drug-likeness (QED) is 0.675. The van der Waals surface area contributed by atoms with Crippen LogP contribution in [0.5, 0.6) is 0 Å². The number of methoxy groups -OCH3 is 1. The number of nitrogens with zero attached hydrogens (tertiary/aromatic N) is 1. The third kappa shape index (κ3) is 4.36. The summed E-state index contributed by atoms with van der Waals surface area (Å²) in [6.07, 6.45) is -5.66. The maximum atomic E-state index is 14.3. The van der Waals surface area contributed by atoms with Crippen LogP contribution >= 0.6 is 0 Å². The Morgan fingerprint density at radius 3 is 2.71 bits per heavy atom. The molecular weight excluding hydrogens is 332 g/mol. The van der Waals surface area contributed by atoms with Crippen molar-refractivity contribution in [3.63, 3.8) is 0 Å². The molecule has 0 aromatic heterocycles. The number of carbonyl (C=O) groups is 2. The van der Waals surface area contributed by atoms with Crippen LogP contribution in [0.4, 0.5) is 28.0 Å². The van der Waals surface area contributed by atoms with Gasteiger partial charge in [0.15, 0.2) is 0 Å². The van der Waals surface area contributed by atoms with E-state index in [9.17, 15) is 27.2 Å². The normalized spacial score (nSPS) is 20.8. The summed E-state index contributed by atoms with van der Waals surface area (Å²) in [6.45, 7) is -0.465. The number of likely N-dealkylation sites (tertiary alicyclic amines) is 1. The summed E-state index contributed by atoms with van der Waals surface area (Å²) >= 11 is 0. The first-order valence-electron chi connectivity index (χ1n) is 7.12. The highest BCUT2D eigenvalue weighted by Crippen LogP contribution is 2.28. The molecule has 1 N–H and O–H groups in total. The summed E-state index contributed by atoms with van der Waals surface area (Å²) in [5, 5.41) is 2.41.